The normalized spacial score (nSPS) is 10.2. The van der Waals surface area contributed by atoms with Crippen molar-refractivity contribution in [3.63, 3.8) is 0 Å². The lowest BCUT2D eigenvalue weighted by molar-refractivity contribution is -0.115. The number of amides is 1. The molecule has 1 aromatic heterocycles. The Labute approximate surface area is 99.5 Å². The average molecular weight is 230 g/mol. The number of carbonyl (C=O) groups is 1. The Hall–Kier alpha value is -2.14. The minimum absolute atomic E-state index is 0.0599. The topological polar surface area (TPSA) is 59.0 Å². The summed E-state index contributed by atoms with van der Waals surface area (Å²) >= 11 is 0. The molecule has 1 aromatic carbocycles. The summed E-state index contributed by atoms with van der Waals surface area (Å²) in [5.74, 6) is -0.0599. The molecule has 0 aliphatic heterocycles. The second-order valence-corrected chi connectivity index (χ2v) is 3.60. The van der Waals surface area contributed by atoms with E-state index < -0.39 is 0 Å². The monoisotopic (exact) mass is 230 g/mol. The van der Waals surface area contributed by atoms with Gasteiger partial charge in [-0.1, -0.05) is 6.07 Å². The summed E-state index contributed by atoms with van der Waals surface area (Å²) in [6.45, 7) is 0.301. The minimum atomic E-state index is -0.0599. The fourth-order valence-corrected chi connectivity index (χ4v) is 1.52. The number of rotatable bonds is 4. The van der Waals surface area contributed by atoms with E-state index in [9.17, 15) is 4.79 Å². The maximum Gasteiger partial charge on any atom is 0.238 e. The maximum absolute atomic E-state index is 11.4. The highest BCUT2D eigenvalue weighted by Crippen LogP contribution is 2.14. The van der Waals surface area contributed by atoms with E-state index in [1.807, 2.05) is 35.0 Å². The van der Waals surface area contributed by atoms with Gasteiger partial charge in [0.05, 0.1) is 12.9 Å². The van der Waals surface area contributed by atoms with E-state index in [-0.39, 0.29) is 5.91 Å². The van der Waals surface area contributed by atoms with Crippen LogP contribution in [0.1, 0.15) is 0 Å². The van der Waals surface area contributed by atoms with Crippen molar-refractivity contribution in [3.8, 4) is 5.69 Å². The van der Waals surface area contributed by atoms with Crippen molar-refractivity contribution >= 4 is 11.6 Å². The molecule has 2 N–H and O–H groups in total. The van der Waals surface area contributed by atoms with Crippen LogP contribution in [-0.2, 0) is 4.79 Å². The summed E-state index contributed by atoms with van der Waals surface area (Å²) < 4.78 is 1.88. The van der Waals surface area contributed by atoms with Crippen molar-refractivity contribution in [1.29, 1.82) is 0 Å². The maximum atomic E-state index is 11.4. The SMILES string of the molecule is CNCC(=O)Nc1cccc(-n2ccnc2)c1. The van der Waals surface area contributed by atoms with Gasteiger partial charge in [0.2, 0.25) is 5.91 Å². The third-order valence-electron chi connectivity index (χ3n) is 2.27. The number of nitrogens with one attached hydrogen (secondary N) is 2. The van der Waals surface area contributed by atoms with Crippen LogP contribution in [0, 0.1) is 0 Å². The summed E-state index contributed by atoms with van der Waals surface area (Å²) in [5, 5.41) is 5.61. The molecule has 5 heteroatoms. The van der Waals surface area contributed by atoms with Crippen LogP contribution in [0.15, 0.2) is 43.0 Å². The first-order chi connectivity index (χ1) is 8.29. The molecule has 0 fully saturated rings. The zero-order chi connectivity index (χ0) is 12.1. The number of hydrogen-bond donors (Lipinski definition) is 2. The first kappa shape index (κ1) is 11.3. The predicted octanol–water partition coefficient (Wildman–Crippen LogP) is 1.03. The molecule has 0 spiro atoms. The molecule has 17 heavy (non-hydrogen) atoms. The molecule has 0 atom stereocenters. The van der Waals surface area contributed by atoms with Gasteiger partial charge in [-0.15, -0.1) is 0 Å². The molecule has 0 bridgehead atoms. The van der Waals surface area contributed by atoms with E-state index >= 15 is 0 Å². The smallest absolute Gasteiger partial charge is 0.238 e. The molecule has 0 saturated carbocycles. The van der Waals surface area contributed by atoms with Crippen LogP contribution < -0.4 is 10.6 Å². The molecule has 2 rings (SSSR count). The largest absolute Gasteiger partial charge is 0.325 e. The number of hydrogen-bond acceptors (Lipinski definition) is 3. The van der Waals surface area contributed by atoms with Crippen LogP contribution in [0.2, 0.25) is 0 Å². The highest BCUT2D eigenvalue weighted by molar-refractivity contribution is 5.92. The van der Waals surface area contributed by atoms with Gasteiger partial charge in [-0.25, -0.2) is 4.98 Å². The average Bonchev–Trinajstić information content (AvgIpc) is 2.83. The quantitative estimate of drug-likeness (QED) is 0.824. The van der Waals surface area contributed by atoms with E-state index in [1.165, 1.54) is 0 Å². The molecule has 0 radical (unpaired) electrons. The van der Waals surface area contributed by atoms with E-state index in [2.05, 4.69) is 15.6 Å². The van der Waals surface area contributed by atoms with Crippen molar-refractivity contribution in [3.05, 3.63) is 43.0 Å². The van der Waals surface area contributed by atoms with Crippen molar-refractivity contribution < 1.29 is 4.79 Å². The van der Waals surface area contributed by atoms with Gasteiger partial charge in [-0.05, 0) is 25.2 Å². The standard InChI is InChI=1S/C12H14N4O/c1-13-8-12(17)15-10-3-2-4-11(7-10)16-6-5-14-9-16/h2-7,9,13H,8H2,1H3,(H,15,17). The number of imidazole rings is 1. The van der Waals surface area contributed by atoms with Crippen molar-refractivity contribution in [2.45, 2.75) is 0 Å². The van der Waals surface area contributed by atoms with Crippen LogP contribution in [0.3, 0.4) is 0 Å². The Morgan fingerprint density at radius 2 is 2.35 bits per heavy atom. The predicted molar refractivity (Wildman–Crippen MR) is 66.1 cm³/mol. The van der Waals surface area contributed by atoms with E-state index in [4.69, 9.17) is 0 Å². The molecule has 1 amide bonds. The number of aromatic nitrogens is 2. The van der Waals surface area contributed by atoms with Gasteiger partial charge in [0.1, 0.15) is 0 Å². The molecule has 2 aromatic rings. The van der Waals surface area contributed by atoms with Crippen LogP contribution >= 0.6 is 0 Å². The molecule has 0 unspecified atom stereocenters. The van der Waals surface area contributed by atoms with E-state index in [0.717, 1.165) is 11.4 Å². The van der Waals surface area contributed by atoms with Gasteiger partial charge < -0.3 is 15.2 Å². The molecule has 5 nitrogen and oxygen atoms in total. The summed E-state index contributed by atoms with van der Waals surface area (Å²) in [6, 6.07) is 7.60. The number of likely N-dealkylation sites (N-methyl/N-ethyl adjacent to an activating group) is 1. The zero-order valence-corrected chi connectivity index (χ0v) is 9.55. The number of carbonyl (C=O) groups excluding carboxylic acids is 1. The van der Waals surface area contributed by atoms with E-state index in [1.54, 1.807) is 19.6 Å². The zero-order valence-electron chi connectivity index (χ0n) is 9.55. The number of nitrogens with zero attached hydrogens (tertiary/aromatic N) is 2. The molecular formula is C12H14N4O. The lowest BCUT2D eigenvalue weighted by Gasteiger charge is -2.07. The van der Waals surface area contributed by atoms with Crippen LogP contribution in [-0.4, -0.2) is 29.1 Å². The first-order valence-corrected chi connectivity index (χ1v) is 5.32. The number of anilines is 1. The molecule has 1 heterocycles. The third kappa shape index (κ3) is 2.92. The highest BCUT2D eigenvalue weighted by atomic mass is 16.1. The van der Waals surface area contributed by atoms with Gasteiger partial charge >= 0.3 is 0 Å². The third-order valence-corrected chi connectivity index (χ3v) is 2.27. The highest BCUT2D eigenvalue weighted by Gasteiger charge is 2.02. The lowest BCUT2D eigenvalue weighted by Crippen LogP contribution is -2.25. The Morgan fingerprint density at radius 1 is 1.47 bits per heavy atom. The van der Waals surface area contributed by atoms with Crippen molar-refractivity contribution in [2.24, 2.45) is 0 Å². The van der Waals surface area contributed by atoms with Gasteiger partial charge in [0.15, 0.2) is 0 Å². The van der Waals surface area contributed by atoms with Gasteiger partial charge in [0.25, 0.3) is 0 Å². The summed E-state index contributed by atoms with van der Waals surface area (Å²) in [5.41, 5.74) is 1.74. The van der Waals surface area contributed by atoms with Crippen LogP contribution in [0.4, 0.5) is 5.69 Å². The fraction of sp³-hybridized carbons (Fsp3) is 0.167. The summed E-state index contributed by atoms with van der Waals surface area (Å²) in [4.78, 5) is 15.4. The van der Waals surface area contributed by atoms with Crippen LogP contribution in [0.5, 0.6) is 0 Å². The summed E-state index contributed by atoms with van der Waals surface area (Å²) in [6.07, 6.45) is 5.29. The van der Waals surface area contributed by atoms with Crippen LogP contribution in [0.25, 0.3) is 5.69 Å². The Morgan fingerprint density at radius 3 is 3.06 bits per heavy atom. The Bertz CT molecular complexity index is 493. The molecule has 0 aliphatic rings. The summed E-state index contributed by atoms with van der Waals surface area (Å²) in [7, 11) is 1.74. The second-order valence-electron chi connectivity index (χ2n) is 3.60. The van der Waals surface area contributed by atoms with Crippen molar-refractivity contribution in [1.82, 2.24) is 14.9 Å². The molecular weight excluding hydrogens is 216 g/mol. The fourth-order valence-electron chi connectivity index (χ4n) is 1.52. The number of benzene rings is 1. The Balaban J connectivity index is 2.15. The minimum Gasteiger partial charge on any atom is -0.325 e. The Kier molecular flexibility index (Phi) is 3.52. The molecule has 0 aliphatic carbocycles. The van der Waals surface area contributed by atoms with Crippen molar-refractivity contribution in [2.75, 3.05) is 18.9 Å². The molecule has 0 saturated heterocycles. The second kappa shape index (κ2) is 5.27. The molecule has 88 valence electrons. The first-order valence-electron chi connectivity index (χ1n) is 5.32. The lowest BCUT2D eigenvalue weighted by atomic mass is 10.2. The van der Waals surface area contributed by atoms with Gasteiger partial charge in [-0.2, -0.15) is 0 Å². The van der Waals surface area contributed by atoms with Gasteiger partial charge in [-0.3, -0.25) is 4.79 Å². The van der Waals surface area contributed by atoms with Gasteiger partial charge in [0, 0.05) is 23.8 Å². The van der Waals surface area contributed by atoms with E-state index in [0.29, 0.717) is 6.54 Å².